The summed E-state index contributed by atoms with van der Waals surface area (Å²) < 4.78 is 10.4. The van der Waals surface area contributed by atoms with Gasteiger partial charge in [0.15, 0.2) is 0 Å². The van der Waals surface area contributed by atoms with Gasteiger partial charge in [-0.05, 0) is 6.92 Å². The molecule has 2 rings (SSSR count). The van der Waals surface area contributed by atoms with Gasteiger partial charge in [0.25, 0.3) is 0 Å². The minimum atomic E-state index is 0.481. The number of methoxy groups -OCH3 is 2. The predicted octanol–water partition coefficient (Wildman–Crippen LogP) is 3.45. The van der Waals surface area contributed by atoms with Crippen molar-refractivity contribution in [1.82, 2.24) is 4.98 Å². The molecule has 0 amide bonds. The van der Waals surface area contributed by atoms with E-state index in [1.54, 1.807) is 26.5 Å². The Balaban J connectivity index is 2.24. The van der Waals surface area contributed by atoms with Gasteiger partial charge >= 0.3 is 0 Å². The van der Waals surface area contributed by atoms with E-state index in [9.17, 15) is 5.26 Å². The molecule has 0 spiro atoms. The molecule has 0 bridgehead atoms. The van der Waals surface area contributed by atoms with Gasteiger partial charge < -0.3 is 14.8 Å². The molecule has 6 heteroatoms. The molecule has 0 saturated carbocycles. The molecule has 2 aromatic rings. The van der Waals surface area contributed by atoms with Crippen LogP contribution < -0.4 is 14.8 Å². The van der Waals surface area contributed by atoms with Crippen molar-refractivity contribution in [3.63, 3.8) is 0 Å². The summed E-state index contributed by atoms with van der Waals surface area (Å²) in [6.07, 6.45) is 1.63. The number of aryl methyl sites for hydroxylation is 1. The van der Waals surface area contributed by atoms with Crippen molar-refractivity contribution in [3.8, 4) is 17.6 Å². The highest BCUT2D eigenvalue weighted by Gasteiger charge is 2.06. The van der Waals surface area contributed by atoms with Gasteiger partial charge in [0.2, 0.25) is 0 Å². The topological polar surface area (TPSA) is 67.2 Å². The Labute approximate surface area is 127 Å². The first-order valence-electron chi connectivity index (χ1n) is 6.18. The molecule has 0 unspecified atom stereocenters. The molecule has 0 aliphatic heterocycles. The molecule has 0 aliphatic carbocycles. The largest absolute Gasteiger partial charge is 0.497 e. The monoisotopic (exact) mass is 301 g/mol. The molecule has 1 heterocycles. The lowest BCUT2D eigenvalue weighted by Gasteiger charge is -2.08. The second kappa shape index (κ2) is 6.77. The highest BCUT2D eigenvalue weighted by atomic mass is 32.1. The molecule has 0 fully saturated rings. The fourth-order valence-electron chi connectivity index (χ4n) is 1.67. The summed E-state index contributed by atoms with van der Waals surface area (Å²) in [7, 11) is 3.18. The number of nitriles is 1. The van der Waals surface area contributed by atoms with Gasteiger partial charge in [-0.25, -0.2) is 4.98 Å². The molecule has 5 nitrogen and oxygen atoms in total. The molecule has 108 valence electrons. The average molecular weight is 301 g/mol. The van der Waals surface area contributed by atoms with E-state index in [0.717, 1.165) is 11.4 Å². The first kappa shape index (κ1) is 14.9. The molecule has 1 aromatic carbocycles. The molecule has 0 radical (unpaired) electrons. The molecule has 0 aliphatic rings. The molecular formula is C15H15N3O2S. The number of nitrogens with zero attached hydrogens (tertiary/aromatic N) is 2. The Morgan fingerprint density at radius 3 is 2.43 bits per heavy atom. The number of allylic oxidation sites excluding steroid dienone is 1. The lowest BCUT2D eigenvalue weighted by atomic mass is 10.2. The van der Waals surface area contributed by atoms with E-state index < -0.39 is 0 Å². The van der Waals surface area contributed by atoms with Crippen LogP contribution in [0.2, 0.25) is 0 Å². The van der Waals surface area contributed by atoms with Crippen molar-refractivity contribution in [1.29, 1.82) is 5.26 Å². The maximum absolute atomic E-state index is 9.23. The standard InChI is InChI=1S/C15H15N3O2S/c1-10-9-21-15(18-10)11(7-16)8-17-12-4-13(19-2)6-14(5-12)20-3/h4-6,8-9,17H,1-3H3/b11-8+. The quantitative estimate of drug-likeness (QED) is 0.857. The number of ether oxygens (including phenoxy) is 2. The Morgan fingerprint density at radius 2 is 1.95 bits per heavy atom. The number of thiazole rings is 1. The first-order valence-corrected chi connectivity index (χ1v) is 7.06. The first-order chi connectivity index (χ1) is 10.2. The number of anilines is 1. The number of benzene rings is 1. The van der Waals surface area contributed by atoms with Crippen molar-refractivity contribution in [2.24, 2.45) is 0 Å². The predicted molar refractivity (Wildman–Crippen MR) is 83.6 cm³/mol. The Hall–Kier alpha value is -2.52. The smallest absolute Gasteiger partial charge is 0.135 e. The van der Waals surface area contributed by atoms with Gasteiger partial charge in [-0.2, -0.15) is 5.26 Å². The zero-order chi connectivity index (χ0) is 15.2. The molecule has 21 heavy (non-hydrogen) atoms. The van der Waals surface area contributed by atoms with Crippen LogP contribution in [0, 0.1) is 18.3 Å². The van der Waals surface area contributed by atoms with Crippen molar-refractivity contribution < 1.29 is 9.47 Å². The minimum absolute atomic E-state index is 0.481. The van der Waals surface area contributed by atoms with E-state index in [4.69, 9.17) is 9.47 Å². The van der Waals surface area contributed by atoms with Gasteiger partial charge in [0.1, 0.15) is 28.1 Å². The van der Waals surface area contributed by atoms with E-state index in [-0.39, 0.29) is 0 Å². The Kier molecular flexibility index (Phi) is 4.80. The van der Waals surface area contributed by atoms with Crippen molar-refractivity contribution >= 4 is 22.6 Å². The van der Waals surface area contributed by atoms with Crippen molar-refractivity contribution in [2.75, 3.05) is 19.5 Å². The van der Waals surface area contributed by atoms with Gasteiger partial charge in [-0.1, -0.05) is 0 Å². The normalized spacial score (nSPS) is 10.9. The highest BCUT2D eigenvalue weighted by Crippen LogP contribution is 2.26. The van der Waals surface area contributed by atoms with Crippen LogP contribution in [0.5, 0.6) is 11.5 Å². The third-order valence-corrected chi connectivity index (χ3v) is 3.70. The van der Waals surface area contributed by atoms with Crippen LogP contribution in [-0.2, 0) is 0 Å². The summed E-state index contributed by atoms with van der Waals surface area (Å²) in [5.41, 5.74) is 2.15. The SMILES string of the molecule is COc1cc(N/C=C(\C#N)c2nc(C)cs2)cc(OC)c1. The molecule has 1 N–H and O–H groups in total. The van der Waals surface area contributed by atoms with Crippen LogP contribution in [0.4, 0.5) is 5.69 Å². The fourth-order valence-corrected chi connectivity index (χ4v) is 2.43. The summed E-state index contributed by atoms with van der Waals surface area (Å²) in [5, 5.41) is 14.9. The van der Waals surface area contributed by atoms with E-state index in [1.165, 1.54) is 11.3 Å². The van der Waals surface area contributed by atoms with E-state index in [2.05, 4.69) is 16.4 Å². The number of aromatic nitrogens is 1. The van der Waals surface area contributed by atoms with Gasteiger partial charge in [-0.15, -0.1) is 11.3 Å². The van der Waals surface area contributed by atoms with E-state index >= 15 is 0 Å². The van der Waals surface area contributed by atoms with E-state index in [1.807, 2.05) is 24.4 Å². The van der Waals surface area contributed by atoms with Crippen LogP contribution in [0.25, 0.3) is 5.57 Å². The van der Waals surface area contributed by atoms with Gasteiger partial charge in [-0.3, -0.25) is 0 Å². The highest BCUT2D eigenvalue weighted by molar-refractivity contribution is 7.10. The summed E-state index contributed by atoms with van der Waals surface area (Å²) in [6, 6.07) is 7.57. The van der Waals surface area contributed by atoms with Crippen LogP contribution in [0.3, 0.4) is 0 Å². The summed E-state index contributed by atoms with van der Waals surface area (Å²) in [6.45, 7) is 1.90. The molecule has 1 aromatic heterocycles. The zero-order valence-electron chi connectivity index (χ0n) is 12.0. The second-order valence-corrected chi connectivity index (χ2v) is 5.07. The zero-order valence-corrected chi connectivity index (χ0v) is 12.8. The fraction of sp³-hybridized carbons (Fsp3) is 0.200. The summed E-state index contributed by atoms with van der Waals surface area (Å²) in [5.74, 6) is 1.35. The maximum atomic E-state index is 9.23. The lowest BCUT2D eigenvalue weighted by molar-refractivity contribution is 0.395. The number of nitrogens with one attached hydrogen (secondary N) is 1. The third kappa shape index (κ3) is 3.74. The maximum Gasteiger partial charge on any atom is 0.135 e. The third-order valence-electron chi connectivity index (χ3n) is 2.70. The van der Waals surface area contributed by atoms with Crippen LogP contribution in [0.1, 0.15) is 10.7 Å². The number of rotatable bonds is 5. The molecular weight excluding hydrogens is 286 g/mol. The summed E-state index contributed by atoms with van der Waals surface area (Å²) in [4.78, 5) is 4.30. The molecule has 0 atom stereocenters. The Bertz CT molecular complexity index is 679. The molecule has 0 saturated heterocycles. The van der Waals surface area contributed by atoms with Gasteiger partial charge in [0, 0.05) is 41.2 Å². The number of hydrogen-bond acceptors (Lipinski definition) is 6. The second-order valence-electron chi connectivity index (χ2n) is 4.21. The van der Waals surface area contributed by atoms with Crippen LogP contribution >= 0.6 is 11.3 Å². The lowest BCUT2D eigenvalue weighted by Crippen LogP contribution is -1.94. The number of hydrogen-bond donors (Lipinski definition) is 1. The van der Waals surface area contributed by atoms with E-state index in [0.29, 0.717) is 22.1 Å². The van der Waals surface area contributed by atoms with Gasteiger partial charge in [0.05, 0.1) is 14.2 Å². The van der Waals surface area contributed by atoms with Crippen molar-refractivity contribution in [2.45, 2.75) is 6.92 Å². The average Bonchev–Trinajstić information content (AvgIpc) is 2.94. The van der Waals surface area contributed by atoms with Crippen molar-refractivity contribution in [3.05, 3.63) is 40.5 Å². The van der Waals surface area contributed by atoms with Crippen LogP contribution in [0.15, 0.2) is 29.8 Å². The minimum Gasteiger partial charge on any atom is -0.497 e. The van der Waals surface area contributed by atoms with Crippen LogP contribution in [-0.4, -0.2) is 19.2 Å². The Morgan fingerprint density at radius 1 is 1.29 bits per heavy atom. The summed E-state index contributed by atoms with van der Waals surface area (Å²) >= 11 is 1.44.